The molecule has 2 atom stereocenters. The van der Waals surface area contributed by atoms with Gasteiger partial charge in [-0.15, -0.1) is 0 Å². The third kappa shape index (κ3) is 4.10. The highest BCUT2D eigenvalue weighted by Gasteiger charge is 2.52. The molecule has 5 rings (SSSR count). The third-order valence-corrected chi connectivity index (χ3v) is 6.96. The Morgan fingerprint density at radius 2 is 1.85 bits per heavy atom. The number of hydrogen-bond acceptors (Lipinski definition) is 4. The van der Waals surface area contributed by atoms with Gasteiger partial charge in [0.25, 0.3) is 0 Å². The van der Waals surface area contributed by atoms with Crippen LogP contribution >= 0.6 is 11.6 Å². The zero-order valence-electron chi connectivity index (χ0n) is 18.6. The Labute approximate surface area is 202 Å². The molecule has 0 radical (unpaired) electrons. The van der Waals surface area contributed by atoms with Crippen molar-refractivity contribution in [2.45, 2.75) is 36.8 Å². The zero-order valence-corrected chi connectivity index (χ0v) is 19.3. The van der Waals surface area contributed by atoms with E-state index in [0.717, 1.165) is 29.5 Å². The quantitative estimate of drug-likeness (QED) is 0.492. The van der Waals surface area contributed by atoms with Crippen LogP contribution in [-0.4, -0.2) is 24.1 Å². The van der Waals surface area contributed by atoms with E-state index in [2.05, 4.69) is 5.32 Å². The Morgan fingerprint density at radius 1 is 1.09 bits per heavy atom. The Hall–Kier alpha value is -3.51. The van der Waals surface area contributed by atoms with Crippen LogP contribution in [0.4, 0.5) is 0 Å². The van der Waals surface area contributed by atoms with Crippen LogP contribution in [-0.2, 0) is 10.2 Å². The van der Waals surface area contributed by atoms with E-state index in [-0.39, 0.29) is 17.5 Å². The third-order valence-electron chi connectivity index (χ3n) is 6.71. The second-order valence-electron chi connectivity index (χ2n) is 8.79. The molecule has 174 valence electrons. The van der Waals surface area contributed by atoms with Gasteiger partial charge in [-0.25, -0.2) is 4.79 Å². The van der Waals surface area contributed by atoms with E-state index in [4.69, 9.17) is 21.1 Å². The average Bonchev–Trinajstić information content (AvgIpc) is 3.66. The SMILES string of the molecule is COc1ccc2c(c1)O[C@@H](c1cccc(C(=O)O)c1)C[C@H]2NC(=O)C1(c2ccc(Cl)cc2)CC1. The monoisotopic (exact) mass is 477 g/mol. The van der Waals surface area contributed by atoms with Gasteiger partial charge in [0, 0.05) is 23.1 Å². The largest absolute Gasteiger partial charge is 0.497 e. The second-order valence-corrected chi connectivity index (χ2v) is 9.23. The lowest BCUT2D eigenvalue weighted by Gasteiger charge is -2.34. The number of hydrogen-bond donors (Lipinski definition) is 2. The molecule has 3 aromatic carbocycles. The van der Waals surface area contributed by atoms with Crippen molar-refractivity contribution in [3.05, 3.63) is 94.0 Å². The molecule has 7 heteroatoms. The Kier molecular flexibility index (Phi) is 5.70. The number of ether oxygens (including phenoxy) is 2. The van der Waals surface area contributed by atoms with E-state index in [9.17, 15) is 14.7 Å². The van der Waals surface area contributed by atoms with Crippen molar-refractivity contribution >= 4 is 23.5 Å². The smallest absolute Gasteiger partial charge is 0.335 e. The van der Waals surface area contributed by atoms with Crippen molar-refractivity contribution in [2.75, 3.05) is 7.11 Å². The van der Waals surface area contributed by atoms with Crippen LogP contribution < -0.4 is 14.8 Å². The standard InChI is InChI=1S/C27H24ClNO5/c1-33-20-9-10-21-22(29-26(32)27(11-12-27)18-5-7-19(28)8-6-18)15-23(34-24(21)14-20)16-3-2-4-17(13-16)25(30)31/h2-10,13-14,22-23H,11-12,15H2,1H3,(H,29,32)(H,30,31)/t22-,23-/m1/s1. The summed E-state index contributed by atoms with van der Waals surface area (Å²) in [6.45, 7) is 0. The second kappa shape index (κ2) is 8.69. The summed E-state index contributed by atoms with van der Waals surface area (Å²) in [5.74, 6) is 0.228. The molecule has 0 aromatic heterocycles. The maximum atomic E-state index is 13.5. The Morgan fingerprint density at radius 3 is 2.53 bits per heavy atom. The summed E-state index contributed by atoms with van der Waals surface area (Å²) in [6, 6.07) is 19.4. The van der Waals surface area contributed by atoms with E-state index < -0.39 is 17.5 Å². The van der Waals surface area contributed by atoms with Gasteiger partial charge in [0.1, 0.15) is 17.6 Å². The molecular weight excluding hydrogens is 454 g/mol. The molecular formula is C27H24ClNO5. The van der Waals surface area contributed by atoms with Gasteiger partial charge < -0.3 is 19.9 Å². The van der Waals surface area contributed by atoms with Crippen molar-refractivity contribution in [1.29, 1.82) is 0 Å². The highest BCUT2D eigenvalue weighted by molar-refractivity contribution is 6.30. The molecule has 2 aliphatic rings. The summed E-state index contributed by atoms with van der Waals surface area (Å²) in [7, 11) is 1.58. The van der Waals surface area contributed by atoms with E-state index in [1.807, 2.05) is 42.5 Å². The summed E-state index contributed by atoms with van der Waals surface area (Å²) in [5.41, 5.74) is 2.21. The van der Waals surface area contributed by atoms with Crippen molar-refractivity contribution in [1.82, 2.24) is 5.32 Å². The van der Waals surface area contributed by atoms with Gasteiger partial charge in [-0.1, -0.05) is 35.9 Å². The summed E-state index contributed by atoms with van der Waals surface area (Å²) in [4.78, 5) is 25.0. The predicted octanol–water partition coefficient (Wildman–Crippen LogP) is 5.46. The molecule has 3 aromatic rings. The zero-order chi connectivity index (χ0) is 23.9. The average molecular weight is 478 g/mol. The van der Waals surface area contributed by atoms with Gasteiger partial charge in [0.15, 0.2) is 0 Å². The van der Waals surface area contributed by atoms with E-state index in [0.29, 0.717) is 22.9 Å². The molecule has 1 amide bonds. The lowest BCUT2D eigenvalue weighted by molar-refractivity contribution is -0.124. The number of benzene rings is 3. The number of carboxylic acids is 1. The number of carbonyl (C=O) groups is 2. The molecule has 0 unspecified atom stereocenters. The van der Waals surface area contributed by atoms with Gasteiger partial charge in [0.05, 0.1) is 24.1 Å². The van der Waals surface area contributed by atoms with Crippen LogP contribution in [0.2, 0.25) is 5.02 Å². The number of halogens is 1. The van der Waals surface area contributed by atoms with Crippen molar-refractivity contribution in [3.63, 3.8) is 0 Å². The molecule has 1 saturated carbocycles. The van der Waals surface area contributed by atoms with Crippen LogP contribution in [0.3, 0.4) is 0 Å². The molecule has 1 aliphatic carbocycles. The number of fused-ring (bicyclic) bond motifs is 1. The number of rotatable bonds is 6. The molecule has 1 aliphatic heterocycles. The fourth-order valence-corrected chi connectivity index (χ4v) is 4.75. The number of amides is 1. The lowest BCUT2D eigenvalue weighted by atomic mass is 9.90. The van der Waals surface area contributed by atoms with Crippen LogP contribution in [0.5, 0.6) is 11.5 Å². The first-order valence-electron chi connectivity index (χ1n) is 11.1. The summed E-state index contributed by atoms with van der Waals surface area (Å²) >= 11 is 6.04. The van der Waals surface area contributed by atoms with Crippen molar-refractivity contribution < 1.29 is 24.2 Å². The van der Waals surface area contributed by atoms with Gasteiger partial charge in [-0.05, 0) is 60.4 Å². The topological polar surface area (TPSA) is 84.9 Å². The molecule has 1 fully saturated rings. The summed E-state index contributed by atoms with van der Waals surface area (Å²) in [6.07, 6.45) is 1.62. The fraction of sp³-hybridized carbons (Fsp3) is 0.259. The van der Waals surface area contributed by atoms with Crippen LogP contribution in [0.1, 0.15) is 58.5 Å². The van der Waals surface area contributed by atoms with E-state index in [1.54, 1.807) is 31.4 Å². The van der Waals surface area contributed by atoms with Gasteiger partial charge in [-0.2, -0.15) is 0 Å². The van der Waals surface area contributed by atoms with Crippen LogP contribution in [0.15, 0.2) is 66.7 Å². The first kappa shape index (κ1) is 22.3. The summed E-state index contributed by atoms with van der Waals surface area (Å²) in [5, 5.41) is 13.3. The number of methoxy groups -OCH3 is 1. The molecule has 1 heterocycles. The fourth-order valence-electron chi connectivity index (χ4n) is 4.62. The van der Waals surface area contributed by atoms with Crippen molar-refractivity contribution in [2.24, 2.45) is 0 Å². The predicted molar refractivity (Wildman–Crippen MR) is 128 cm³/mol. The molecule has 6 nitrogen and oxygen atoms in total. The van der Waals surface area contributed by atoms with E-state index in [1.165, 1.54) is 0 Å². The van der Waals surface area contributed by atoms with Gasteiger partial charge in [0.2, 0.25) is 5.91 Å². The van der Waals surface area contributed by atoms with Crippen molar-refractivity contribution in [3.8, 4) is 11.5 Å². The van der Waals surface area contributed by atoms with E-state index >= 15 is 0 Å². The first-order chi connectivity index (χ1) is 16.4. The number of carboxylic acid groups (broad SMARTS) is 1. The molecule has 0 bridgehead atoms. The maximum Gasteiger partial charge on any atom is 0.335 e. The molecule has 34 heavy (non-hydrogen) atoms. The minimum atomic E-state index is -0.997. The minimum absolute atomic E-state index is 0.0264. The molecule has 2 N–H and O–H groups in total. The number of aromatic carboxylic acids is 1. The molecule has 0 saturated heterocycles. The molecule has 0 spiro atoms. The minimum Gasteiger partial charge on any atom is -0.497 e. The number of nitrogens with one attached hydrogen (secondary N) is 1. The Bertz CT molecular complexity index is 1250. The summed E-state index contributed by atoms with van der Waals surface area (Å²) < 4.78 is 11.6. The van der Waals surface area contributed by atoms with Crippen LogP contribution in [0.25, 0.3) is 0 Å². The highest BCUT2D eigenvalue weighted by Crippen LogP contribution is 2.50. The Balaban J connectivity index is 1.46. The van der Waals surface area contributed by atoms with Gasteiger partial charge >= 0.3 is 5.97 Å². The lowest BCUT2D eigenvalue weighted by Crippen LogP contribution is -2.39. The number of carbonyl (C=O) groups excluding carboxylic acids is 1. The normalized spacial score (nSPS) is 19.9. The first-order valence-corrected chi connectivity index (χ1v) is 11.5. The van der Waals surface area contributed by atoms with Gasteiger partial charge in [-0.3, -0.25) is 4.79 Å². The maximum absolute atomic E-state index is 13.5. The van der Waals surface area contributed by atoms with Crippen LogP contribution in [0, 0.1) is 0 Å². The highest BCUT2D eigenvalue weighted by atomic mass is 35.5.